The van der Waals surface area contributed by atoms with Crippen LogP contribution in [0, 0.1) is 11.6 Å². The van der Waals surface area contributed by atoms with Gasteiger partial charge in [-0.15, -0.1) is 0 Å². The monoisotopic (exact) mass is 422 g/mol. The normalized spacial score (nSPS) is 15.4. The Kier molecular flexibility index (Phi) is 6.11. The van der Waals surface area contributed by atoms with Crippen LogP contribution in [-0.2, 0) is 4.79 Å². The predicted octanol–water partition coefficient (Wildman–Crippen LogP) is 4.08. The zero-order valence-electron chi connectivity index (χ0n) is 14.2. The number of hydrogen-bond acceptors (Lipinski definition) is 4. The van der Waals surface area contributed by atoms with Crippen molar-refractivity contribution in [3.63, 3.8) is 0 Å². The number of amides is 3. The van der Waals surface area contributed by atoms with E-state index in [9.17, 15) is 23.2 Å². The van der Waals surface area contributed by atoms with Gasteiger partial charge < -0.3 is 5.32 Å². The Morgan fingerprint density at radius 3 is 2.57 bits per heavy atom. The summed E-state index contributed by atoms with van der Waals surface area (Å²) in [7, 11) is 0. The molecule has 1 heterocycles. The Morgan fingerprint density at radius 1 is 1.14 bits per heavy atom. The van der Waals surface area contributed by atoms with Gasteiger partial charge in [0.15, 0.2) is 0 Å². The van der Waals surface area contributed by atoms with Gasteiger partial charge in [-0.25, -0.2) is 8.78 Å². The molecule has 1 aliphatic rings. The zero-order valence-corrected chi connectivity index (χ0v) is 15.8. The SMILES string of the molecule is O=C(NCCN1C(=O)S/C(=C\c2ccc(Cl)cc2)C1=O)c1cc(F)ccc1F. The number of nitrogens with one attached hydrogen (secondary N) is 1. The summed E-state index contributed by atoms with van der Waals surface area (Å²) in [6, 6.07) is 9.28. The van der Waals surface area contributed by atoms with E-state index in [1.165, 1.54) is 0 Å². The quantitative estimate of drug-likeness (QED) is 0.737. The van der Waals surface area contributed by atoms with Crippen molar-refractivity contribution in [2.45, 2.75) is 0 Å². The summed E-state index contributed by atoms with van der Waals surface area (Å²) in [6.07, 6.45) is 1.57. The first-order valence-electron chi connectivity index (χ1n) is 8.09. The summed E-state index contributed by atoms with van der Waals surface area (Å²) in [6.45, 7) is -0.188. The molecule has 0 bridgehead atoms. The van der Waals surface area contributed by atoms with Gasteiger partial charge in [-0.1, -0.05) is 23.7 Å². The number of carbonyl (C=O) groups excluding carboxylic acids is 3. The minimum absolute atomic E-state index is 0.0920. The molecule has 5 nitrogen and oxygen atoms in total. The molecule has 2 aromatic carbocycles. The molecule has 0 atom stereocenters. The maximum atomic E-state index is 13.6. The molecule has 1 aliphatic heterocycles. The molecule has 0 aliphatic carbocycles. The molecular weight excluding hydrogens is 410 g/mol. The average Bonchev–Trinajstić information content (AvgIpc) is 2.92. The number of benzene rings is 2. The van der Waals surface area contributed by atoms with Crippen LogP contribution in [0.2, 0.25) is 5.02 Å². The third kappa shape index (κ3) is 4.58. The molecule has 0 saturated carbocycles. The van der Waals surface area contributed by atoms with Gasteiger partial charge in [0.1, 0.15) is 11.6 Å². The summed E-state index contributed by atoms with van der Waals surface area (Å²) in [5, 5.41) is 2.45. The lowest BCUT2D eigenvalue weighted by molar-refractivity contribution is -0.122. The van der Waals surface area contributed by atoms with E-state index in [2.05, 4.69) is 5.32 Å². The molecule has 1 N–H and O–H groups in total. The van der Waals surface area contributed by atoms with E-state index in [1.807, 2.05) is 0 Å². The first kappa shape index (κ1) is 20.0. The Labute approximate surface area is 168 Å². The number of imide groups is 1. The molecule has 1 saturated heterocycles. The van der Waals surface area contributed by atoms with E-state index in [0.29, 0.717) is 10.6 Å². The lowest BCUT2D eigenvalue weighted by Crippen LogP contribution is -2.37. The smallest absolute Gasteiger partial charge is 0.293 e. The van der Waals surface area contributed by atoms with Crippen LogP contribution in [0.25, 0.3) is 6.08 Å². The van der Waals surface area contributed by atoms with Gasteiger partial charge in [0.2, 0.25) is 0 Å². The minimum atomic E-state index is -0.865. The van der Waals surface area contributed by atoms with E-state index in [4.69, 9.17) is 11.6 Å². The molecule has 0 aromatic heterocycles. The van der Waals surface area contributed by atoms with Crippen molar-refractivity contribution >= 4 is 46.5 Å². The molecule has 144 valence electrons. The number of halogens is 3. The highest BCUT2D eigenvalue weighted by molar-refractivity contribution is 8.18. The maximum absolute atomic E-state index is 13.6. The highest BCUT2D eigenvalue weighted by Gasteiger charge is 2.34. The van der Waals surface area contributed by atoms with Gasteiger partial charge in [0.25, 0.3) is 17.1 Å². The predicted molar refractivity (Wildman–Crippen MR) is 103 cm³/mol. The van der Waals surface area contributed by atoms with Crippen LogP contribution in [0.5, 0.6) is 0 Å². The third-order valence-electron chi connectivity index (χ3n) is 3.84. The standard InChI is InChI=1S/C19H13ClF2N2O3S/c20-12-3-1-11(2-4-12)9-16-18(26)24(19(27)28-16)8-7-23-17(25)14-10-13(21)5-6-15(14)22/h1-6,9-10H,7-8H2,(H,23,25)/b16-9-. The Hall–Kier alpha value is -2.71. The molecule has 0 unspecified atom stereocenters. The molecular formula is C19H13ClF2N2O3S. The van der Waals surface area contributed by atoms with Crippen molar-refractivity contribution < 1.29 is 23.2 Å². The molecule has 0 spiro atoms. The van der Waals surface area contributed by atoms with E-state index in [-0.39, 0.29) is 18.0 Å². The summed E-state index contributed by atoms with van der Waals surface area (Å²) in [5.41, 5.74) is 0.265. The number of rotatable bonds is 5. The summed E-state index contributed by atoms with van der Waals surface area (Å²) in [4.78, 5) is 37.6. The van der Waals surface area contributed by atoms with Crippen molar-refractivity contribution in [2.75, 3.05) is 13.1 Å². The molecule has 3 amide bonds. The molecule has 2 aromatic rings. The second-order valence-electron chi connectivity index (χ2n) is 5.76. The summed E-state index contributed by atoms with van der Waals surface area (Å²) < 4.78 is 26.8. The van der Waals surface area contributed by atoms with Gasteiger partial charge in [0.05, 0.1) is 10.5 Å². The summed E-state index contributed by atoms with van der Waals surface area (Å²) >= 11 is 6.60. The highest BCUT2D eigenvalue weighted by Crippen LogP contribution is 2.32. The van der Waals surface area contributed by atoms with Gasteiger partial charge >= 0.3 is 0 Å². The van der Waals surface area contributed by atoms with Crippen LogP contribution in [0.1, 0.15) is 15.9 Å². The van der Waals surface area contributed by atoms with Crippen LogP contribution in [0.15, 0.2) is 47.4 Å². The van der Waals surface area contributed by atoms with Crippen molar-refractivity contribution in [1.82, 2.24) is 10.2 Å². The van der Waals surface area contributed by atoms with Crippen molar-refractivity contribution in [3.05, 3.63) is 75.2 Å². The fraction of sp³-hybridized carbons (Fsp3) is 0.105. The Balaban J connectivity index is 1.61. The second kappa shape index (κ2) is 8.53. The average molecular weight is 423 g/mol. The molecule has 28 heavy (non-hydrogen) atoms. The van der Waals surface area contributed by atoms with Crippen molar-refractivity contribution in [3.8, 4) is 0 Å². The van der Waals surface area contributed by atoms with E-state index >= 15 is 0 Å². The van der Waals surface area contributed by atoms with E-state index < -0.39 is 34.3 Å². The Bertz CT molecular complexity index is 980. The van der Waals surface area contributed by atoms with E-state index in [1.54, 1.807) is 30.3 Å². The largest absolute Gasteiger partial charge is 0.350 e. The van der Waals surface area contributed by atoms with Crippen LogP contribution < -0.4 is 5.32 Å². The molecule has 1 fully saturated rings. The first-order chi connectivity index (χ1) is 13.3. The van der Waals surface area contributed by atoms with Gasteiger partial charge in [-0.2, -0.15) is 0 Å². The van der Waals surface area contributed by atoms with E-state index in [0.717, 1.165) is 34.9 Å². The number of nitrogens with zero attached hydrogens (tertiary/aromatic N) is 1. The van der Waals surface area contributed by atoms with Crippen molar-refractivity contribution in [1.29, 1.82) is 0 Å². The zero-order chi connectivity index (χ0) is 20.3. The summed E-state index contributed by atoms with van der Waals surface area (Å²) in [5.74, 6) is -2.93. The topological polar surface area (TPSA) is 66.5 Å². The fourth-order valence-electron chi connectivity index (χ4n) is 2.45. The van der Waals surface area contributed by atoms with Crippen LogP contribution in [-0.4, -0.2) is 35.0 Å². The lowest BCUT2D eigenvalue weighted by atomic mass is 10.2. The third-order valence-corrected chi connectivity index (χ3v) is 4.99. The van der Waals surface area contributed by atoms with Gasteiger partial charge in [-0.05, 0) is 53.7 Å². The number of hydrogen-bond donors (Lipinski definition) is 1. The van der Waals surface area contributed by atoms with Crippen molar-refractivity contribution in [2.24, 2.45) is 0 Å². The minimum Gasteiger partial charge on any atom is -0.350 e. The first-order valence-corrected chi connectivity index (χ1v) is 9.29. The number of carbonyl (C=O) groups is 3. The van der Waals surface area contributed by atoms with Crippen LogP contribution >= 0.6 is 23.4 Å². The van der Waals surface area contributed by atoms with Crippen LogP contribution in [0.4, 0.5) is 13.6 Å². The highest BCUT2D eigenvalue weighted by atomic mass is 35.5. The maximum Gasteiger partial charge on any atom is 0.293 e. The molecule has 9 heteroatoms. The van der Waals surface area contributed by atoms with Gasteiger partial charge in [0, 0.05) is 18.1 Å². The molecule has 0 radical (unpaired) electrons. The molecule has 3 rings (SSSR count). The number of thioether (sulfide) groups is 1. The Morgan fingerprint density at radius 2 is 1.86 bits per heavy atom. The lowest BCUT2D eigenvalue weighted by Gasteiger charge is -2.13. The second-order valence-corrected chi connectivity index (χ2v) is 7.19. The van der Waals surface area contributed by atoms with Crippen LogP contribution in [0.3, 0.4) is 0 Å². The van der Waals surface area contributed by atoms with Gasteiger partial charge in [-0.3, -0.25) is 19.3 Å². The fourth-order valence-corrected chi connectivity index (χ4v) is 3.44.